The Labute approximate surface area is 58.9 Å². The summed E-state index contributed by atoms with van der Waals surface area (Å²) in [6.07, 6.45) is 0. The van der Waals surface area contributed by atoms with Gasteiger partial charge < -0.3 is 6.15 Å². The molecular formula is C2H19NSi4. The van der Waals surface area contributed by atoms with E-state index in [0.717, 1.165) is 0 Å². The van der Waals surface area contributed by atoms with Crippen molar-refractivity contribution < 1.29 is 0 Å². The molecule has 0 amide bonds. The minimum atomic E-state index is 0. The summed E-state index contributed by atoms with van der Waals surface area (Å²) in [7, 11) is 5.72. The van der Waals surface area contributed by atoms with E-state index < -0.39 is 0 Å². The van der Waals surface area contributed by atoms with Crippen molar-refractivity contribution in [1.82, 2.24) is 6.15 Å². The van der Waals surface area contributed by atoms with Gasteiger partial charge in [-0.1, -0.05) is 11.3 Å². The van der Waals surface area contributed by atoms with Gasteiger partial charge in [-0.3, -0.25) is 0 Å². The van der Waals surface area contributed by atoms with Crippen LogP contribution < -0.4 is 6.15 Å². The number of hydrogen-bond donors (Lipinski definition) is 1. The largest absolute Gasteiger partial charge is 0.344 e. The van der Waals surface area contributed by atoms with Crippen LogP contribution in [-0.4, -0.2) is 41.0 Å². The van der Waals surface area contributed by atoms with Gasteiger partial charge in [0.1, 0.15) is 0 Å². The molecule has 0 aromatic carbocycles. The third kappa shape index (κ3) is 232. The van der Waals surface area contributed by atoms with E-state index in [9.17, 15) is 0 Å². The van der Waals surface area contributed by atoms with Crippen molar-refractivity contribution in [2.45, 2.75) is 11.3 Å². The maximum Gasteiger partial charge on any atom is -0.000878 e. The van der Waals surface area contributed by atoms with Crippen molar-refractivity contribution in [2.75, 3.05) is 0 Å². The van der Waals surface area contributed by atoms with E-state index in [4.69, 9.17) is 0 Å². The SMILES string of the molecule is N.[SiH3]C[SiH3].[SiH3]C[SiH3]. The second-order valence-electron chi connectivity index (χ2n) is 1.41. The van der Waals surface area contributed by atoms with E-state index in [-0.39, 0.29) is 6.15 Å². The highest BCUT2D eigenvalue weighted by atomic mass is 28.2. The zero-order valence-electron chi connectivity index (χ0n) is 6.12. The van der Waals surface area contributed by atoms with Crippen molar-refractivity contribution in [3.8, 4) is 0 Å². The molecule has 0 spiro atoms. The third-order valence-corrected chi connectivity index (χ3v) is 0. The van der Waals surface area contributed by atoms with Crippen LogP contribution in [0, 0.1) is 0 Å². The Bertz CT molecular complexity index is 11.7. The van der Waals surface area contributed by atoms with Crippen LogP contribution in [0.1, 0.15) is 0 Å². The van der Waals surface area contributed by atoms with Crippen LogP contribution in [0.5, 0.6) is 0 Å². The molecule has 0 aromatic heterocycles. The van der Waals surface area contributed by atoms with Crippen molar-refractivity contribution in [1.29, 1.82) is 0 Å². The Morgan fingerprint density at radius 3 is 0.714 bits per heavy atom. The molecule has 48 valence electrons. The molecule has 0 bridgehead atoms. The van der Waals surface area contributed by atoms with E-state index in [1.807, 2.05) is 0 Å². The van der Waals surface area contributed by atoms with Crippen molar-refractivity contribution in [3.05, 3.63) is 0 Å². The Morgan fingerprint density at radius 2 is 0.714 bits per heavy atom. The quantitative estimate of drug-likeness (QED) is 0.373. The van der Waals surface area contributed by atoms with Crippen LogP contribution in [0.4, 0.5) is 0 Å². The first-order chi connectivity index (χ1) is 2.83. The van der Waals surface area contributed by atoms with Gasteiger partial charge in [0.2, 0.25) is 0 Å². The van der Waals surface area contributed by atoms with Crippen molar-refractivity contribution in [2.24, 2.45) is 0 Å². The Balaban J connectivity index is -0.0000000400. The topological polar surface area (TPSA) is 35.0 Å². The summed E-state index contributed by atoms with van der Waals surface area (Å²) in [5.41, 5.74) is 3.06. The molecule has 1 nitrogen and oxygen atoms in total. The summed E-state index contributed by atoms with van der Waals surface area (Å²) < 4.78 is 0. The first-order valence-electron chi connectivity index (χ1n) is 2.83. The molecule has 0 unspecified atom stereocenters. The highest BCUT2D eigenvalue weighted by Crippen LogP contribution is 1.37. The van der Waals surface area contributed by atoms with Gasteiger partial charge in [-0.25, -0.2) is 0 Å². The summed E-state index contributed by atoms with van der Waals surface area (Å²) >= 11 is 0. The molecule has 0 saturated heterocycles. The van der Waals surface area contributed by atoms with Gasteiger partial charge in [0.05, 0.1) is 0 Å². The number of hydrogen-bond acceptors (Lipinski definition) is 1. The summed E-state index contributed by atoms with van der Waals surface area (Å²) in [6, 6.07) is 0. The summed E-state index contributed by atoms with van der Waals surface area (Å²) in [4.78, 5) is 0. The molecule has 0 aliphatic heterocycles. The Morgan fingerprint density at radius 1 is 0.714 bits per heavy atom. The zero-order chi connectivity index (χ0) is 5.41. The fourth-order valence-electron chi connectivity index (χ4n) is 0. The van der Waals surface area contributed by atoms with E-state index in [1.165, 1.54) is 52.3 Å². The van der Waals surface area contributed by atoms with Gasteiger partial charge in [-0.2, -0.15) is 0 Å². The summed E-state index contributed by atoms with van der Waals surface area (Å²) in [5, 5.41) is 0. The van der Waals surface area contributed by atoms with Gasteiger partial charge in [0, 0.05) is 0 Å². The average Bonchev–Trinajstić information content (AvgIpc) is 1.39. The molecule has 0 aliphatic carbocycles. The summed E-state index contributed by atoms with van der Waals surface area (Å²) in [5.74, 6) is 0. The molecule has 5 heteroatoms. The number of rotatable bonds is 0. The van der Waals surface area contributed by atoms with Gasteiger partial charge in [-0.15, -0.1) is 0 Å². The lowest BCUT2D eigenvalue weighted by Gasteiger charge is -1.45. The Hall–Kier alpha value is 0.828. The summed E-state index contributed by atoms with van der Waals surface area (Å²) in [6.45, 7) is 0. The van der Waals surface area contributed by atoms with Crippen LogP contribution in [0.25, 0.3) is 0 Å². The molecule has 0 atom stereocenters. The van der Waals surface area contributed by atoms with Crippen LogP contribution in [0.15, 0.2) is 0 Å². The van der Waals surface area contributed by atoms with Gasteiger partial charge >= 0.3 is 0 Å². The second kappa shape index (κ2) is 29.0. The molecule has 0 aromatic rings. The van der Waals surface area contributed by atoms with Crippen LogP contribution in [0.2, 0.25) is 11.3 Å². The predicted molar refractivity (Wildman–Crippen MR) is 54.4 cm³/mol. The fraction of sp³-hybridized carbons (Fsp3) is 1.00. The average molecular weight is 170 g/mol. The first kappa shape index (κ1) is 15.7. The lowest BCUT2D eigenvalue weighted by atomic mass is 11.9. The predicted octanol–water partition coefficient (Wildman–Crippen LogP) is -3.65. The molecule has 3 N–H and O–H groups in total. The van der Waals surface area contributed by atoms with E-state index in [1.54, 1.807) is 0 Å². The minimum Gasteiger partial charge on any atom is -0.344 e. The highest BCUT2D eigenvalue weighted by molar-refractivity contribution is 6.31. The monoisotopic (exact) mass is 169 g/mol. The van der Waals surface area contributed by atoms with Gasteiger partial charge in [0.15, 0.2) is 0 Å². The maximum absolute atomic E-state index is 1.53. The lowest BCUT2D eigenvalue weighted by Crippen LogP contribution is -1.53. The normalized spacial score (nSPS) is 6.86. The molecule has 0 heterocycles. The van der Waals surface area contributed by atoms with E-state index in [2.05, 4.69) is 0 Å². The molecule has 0 radical (unpaired) electrons. The van der Waals surface area contributed by atoms with Crippen LogP contribution in [0.3, 0.4) is 0 Å². The second-order valence-corrected chi connectivity index (χ2v) is 12.7. The molecule has 0 aliphatic rings. The van der Waals surface area contributed by atoms with Gasteiger partial charge in [-0.05, 0) is 41.0 Å². The standard InChI is InChI=1S/2CH8Si2.H3N/c2*2-1-3;/h2*1H2,2-3H3;1H3. The molecule has 0 fully saturated rings. The smallest absolute Gasteiger partial charge is 0.000878 e. The van der Waals surface area contributed by atoms with E-state index >= 15 is 0 Å². The molecule has 0 rings (SSSR count). The van der Waals surface area contributed by atoms with Crippen LogP contribution >= 0.6 is 0 Å². The van der Waals surface area contributed by atoms with Crippen molar-refractivity contribution >= 4 is 41.0 Å². The minimum absolute atomic E-state index is 0. The lowest BCUT2D eigenvalue weighted by molar-refractivity contribution is 2.13. The highest BCUT2D eigenvalue weighted by Gasteiger charge is 1.38. The maximum atomic E-state index is 1.53. The fourth-order valence-corrected chi connectivity index (χ4v) is 0. The molecule has 7 heavy (non-hydrogen) atoms. The van der Waals surface area contributed by atoms with Gasteiger partial charge in [0.25, 0.3) is 0 Å². The first-order valence-corrected chi connectivity index (χ1v) is 8.49. The zero-order valence-corrected chi connectivity index (χ0v) is 14.1. The van der Waals surface area contributed by atoms with Crippen LogP contribution in [-0.2, 0) is 0 Å². The van der Waals surface area contributed by atoms with E-state index in [0.29, 0.717) is 0 Å². The van der Waals surface area contributed by atoms with Crippen molar-refractivity contribution in [3.63, 3.8) is 0 Å². The third-order valence-electron chi connectivity index (χ3n) is 0. The molecular weight excluding hydrogens is 150 g/mol. The Kier molecular flexibility index (Phi) is 64.9. The molecule has 0 saturated carbocycles.